The second kappa shape index (κ2) is 8.89. The molecule has 2 unspecified atom stereocenters. The van der Waals surface area contributed by atoms with Crippen molar-refractivity contribution in [1.29, 1.82) is 0 Å². The lowest BCUT2D eigenvalue weighted by Gasteiger charge is -2.29. The maximum absolute atomic E-state index is 13.5. The number of urea groups is 1. The zero-order chi connectivity index (χ0) is 25.6. The van der Waals surface area contributed by atoms with E-state index in [9.17, 15) is 19.2 Å². The normalized spacial score (nSPS) is 24.8. The highest BCUT2D eigenvalue weighted by atomic mass is 16.6. The van der Waals surface area contributed by atoms with E-state index in [1.165, 1.54) is 7.05 Å². The maximum atomic E-state index is 13.5. The van der Waals surface area contributed by atoms with Gasteiger partial charge in [-0.15, -0.1) is 0 Å². The summed E-state index contributed by atoms with van der Waals surface area (Å²) >= 11 is 0. The van der Waals surface area contributed by atoms with Gasteiger partial charge in [0.05, 0.1) is 17.4 Å². The number of hydrogen-bond donors (Lipinski definition) is 2. The summed E-state index contributed by atoms with van der Waals surface area (Å²) in [4.78, 5) is 54.0. The molecular formula is C25H28N6O5. The number of carbonyl (C=O) groups excluding carboxylic acids is 4. The van der Waals surface area contributed by atoms with Crippen LogP contribution in [0.1, 0.15) is 54.7 Å². The molecule has 36 heavy (non-hydrogen) atoms. The molecule has 1 spiro atoms. The standard InChI is InChI=1S/C25H28N6O5/c1-14-4-8-19(29-28-14)20-9-5-15(2)31(20)21(32)13-30-22(33)25(36-24(30)35)11-10-16-12-17(6-7-18(16)25)27-23(34)26-3/h4,6-8,12,15,20H,5,9-11,13H2,1-3H3,(H2,26,27,34)/t15?,20?,25-/m1/s1. The summed E-state index contributed by atoms with van der Waals surface area (Å²) in [5.74, 6) is -0.872. The second-order valence-corrected chi connectivity index (χ2v) is 9.51. The van der Waals surface area contributed by atoms with E-state index in [-0.39, 0.29) is 30.4 Å². The fourth-order valence-corrected chi connectivity index (χ4v) is 5.42. The van der Waals surface area contributed by atoms with Gasteiger partial charge >= 0.3 is 12.1 Å². The van der Waals surface area contributed by atoms with Crippen molar-refractivity contribution >= 4 is 29.6 Å². The smallest absolute Gasteiger partial charge is 0.418 e. The molecule has 5 amide bonds. The minimum absolute atomic E-state index is 0.0632. The Kier molecular flexibility index (Phi) is 5.85. The Morgan fingerprint density at radius 1 is 1.17 bits per heavy atom. The third kappa shape index (κ3) is 3.84. The van der Waals surface area contributed by atoms with Crippen molar-refractivity contribution < 1.29 is 23.9 Å². The first kappa shape index (κ1) is 23.7. The first-order chi connectivity index (χ1) is 17.2. The Morgan fingerprint density at radius 2 is 1.97 bits per heavy atom. The lowest BCUT2D eigenvalue weighted by atomic mass is 9.94. The number of imide groups is 1. The highest BCUT2D eigenvalue weighted by molar-refractivity contribution is 6.06. The number of ether oxygens (including phenoxy) is 1. The van der Waals surface area contributed by atoms with Crippen molar-refractivity contribution in [3.05, 3.63) is 52.8 Å². The minimum atomic E-state index is -1.45. The van der Waals surface area contributed by atoms with E-state index in [0.717, 1.165) is 29.0 Å². The molecule has 2 aromatic rings. The monoisotopic (exact) mass is 492 g/mol. The summed E-state index contributed by atoms with van der Waals surface area (Å²) in [5, 5.41) is 13.6. The molecule has 1 aliphatic carbocycles. The summed E-state index contributed by atoms with van der Waals surface area (Å²) in [7, 11) is 1.52. The van der Waals surface area contributed by atoms with E-state index >= 15 is 0 Å². The summed E-state index contributed by atoms with van der Waals surface area (Å²) < 4.78 is 5.66. The molecule has 0 saturated carbocycles. The van der Waals surface area contributed by atoms with Crippen molar-refractivity contribution in [1.82, 2.24) is 25.3 Å². The van der Waals surface area contributed by atoms with Gasteiger partial charge in [0.1, 0.15) is 6.54 Å². The molecule has 188 valence electrons. The lowest BCUT2D eigenvalue weighted by molar-refractivity contribution is -0.143. The number of nitrogens with zero attached hydrogens (tertiary/aromatic N) is 4. The van der Waals surface area contributed by atoms with Crippen molar-refractivity contribution in [3.63, 3.8) is 0 Å². The molecule has 3 heterocycles. The lowest BCUT2D eigenvalue weighted by Crippen LogP contribution is -2.46. The van der Waals surface area contributed by atoms with Gasteiger partial charge in [-0.3, -0.25) is 9.59 Å². The Hall–Kier alpha value is -4.02. The van der Waals surface area contributed by atoms with E-state index in [4.69, 9.17) is 4.74 Å². The third-order valence-corrected chi connectivity index (χ3v) is 7.25. The van der Waals surface area contributed by atoms with Crippen molar-refractivity contribution in [2.24, 2.45) is 0 Å². The van der Waals surface area contributed by atoms with Crippen molar-refractivity contribution in [2.45, 2.75) is 57.2 Å². The molecule has 5 rings (SSSR count). The molecule has 1 aromatic carbocycles. The number of fused-ring (bicyclic) bond motifs is 2. The number of likely N-dealkylation sites (tertiary alicyclic amines) is 1. The van der Waals surface area contributed by atoms with Gasteiger partial charge in [-0.1, -0.05) is 6.07 Å². The summed E-state index contributed by atoms with van der Waals surface area (Å²) in [6.45, 7) is 3.39. The molecule has 2 N–H and O–H groups in total. The van der Waals surface area contributed by atoms with Crippen LogP contribution < -0.4 is 10.6 Å². The zero-order valence-electron chi connectivity index (χ0n) is 20.4. The molecule has 11 nitrogen and oxygen atoms in total. The highest BCUT2D eigenvalue weighted by Gasteiger charge is 2.58. The van der Waals surface area contributed by atoms with E-state index in [0.29, 0.717) is 23.4 Å². The van der Waals surface area contributed by atoms with Crippen LogP contribution in [0.5, 0.6) is 0 Å². The van der Waals surface area contributed by atoms with Crippen LogP contribution in [-0.4, -0.2) is 63.6 Å². The molecule has 0 radical (unpaired) electrons. The third-order valence-electron chi connectivity index (χ3n) is 7.25. The van der Waals surface area contributed by atoms with Crippen LogP contribution in [0.4, 0.5) is 15.3 Å². The number of rotatable bonds is 4. The van der Waals surface area contributed by atoms with Crippen LogP contribution in [0.25, 0.3) is 0 Å². The van der Waals surface area contributed by atoms with E-state index < -0.39 is 24.1 Å². The number of hydrogen-bond acceptors (Lipinski definition) is 7. The number of anilines is 1. The molecule has 3 atom stereocenters. The second-order valence-electron chi connectivity index (χ2n) is 9.51. The summed E-state index contributed by atoms with van der Waals surface area (Å²) in [6, 6.07) is 8.15. The van der Waals surface area contributed by atoms with Crippen molar-refractivity contribution in [2.75, 3.05) is 18.9 Å². The fourth-order valence-electron chi connectivity index (χ4n) is 5.42. The molecule has 3 aliphatic rings. The van der Waals surface area contributed by atoms with Crippen LogP contribution >= 0.6 is 0 Å². The van der Waals surface area contributed by atoms with Crippen molar-refractivity contribution in [3.8, 4) is 0 Å². The quantitative estimate of drug-likeness (QED) is 0.669. The summed E-state index contributed by atoms with van der Waals surface area (Å²) in [6.07, 6.45) is 1.47. The number of benzene rings is 1. The van der Waals surface area contributed by atoms with E-state index in [1.807, 2.05) is 26.0 Å². The van der Waals surface area contributed by atoms with Gasteiger partial charge in [0.2, 0.25) is 11.5 Å². The number of aromatic nitrogens is 2. The number of carbonyl (C=O) groups is 4. The highest BCUT2D eigenvalue weighted by Crippen LogP contribution is 2.46. The Balaban J connectivity index is 1.35. The number of nitrogens with one attached hydrogen (secondary N) is 2. The van der Waals surface area contributed by atoms with E-state index in [2.05, 4.69) is 20.8 Å². The number of aryl methyl sites for hydroxylation is 2. The molecule has 2 saturated heterocycles. The zero-order valence-corrected chi connectivity index (χ0v) is 20.4. The van der Waals surface area contributed by atoms with Crippen LogP contribution in [0.15, 0.2) is 30.3 Å². The predicted octanol–water partition coefficient (Wildman–Crippen LogP) is 2.41. The molecular weight excluding hydrogens is 464 g/mol. The van der Waals surface area contributed by atoms with Crippen LogP contribution in [0.2, 0.25) is 0 Å². The average molecular weight is 493 g/mol. The molecule has 0 bridgehead atoms. The topological polar surface area (TPSA) is 134 Å². The average Bonchev–Trinajstić information content (AvgIpc) is 3.49. The summed E-state index contributed by atoms with van der Waals surface area (Å²) in [5.41, 5.74) is 1.99. The van der Waals surface area contributed by atoms with Gasteiger partial charge in [0, 0.05) is 30.8 Å². The molecule has 1 aromatic heterocycles. The minimum Gasteiger partial charge on any atom is -0.427 e. The van der Waals surface area contributed by atoms with Gasteiger partial charge in [-0.2, -0.15) is 10.2 Å². The number of amides is 5. The SMILES string of the molecule is CNC(=O)Nc1ccc2c(c1)CC[C@@]21OC(=O)N(CC(=O)N2C(C)CCC2c2ccc(C)nn2)C1=O. The predicted molar refractivity (Wildman–Crippen MR) is 128 cm³/mol. The van der Waals surface area contributed by atoms with Crippen LogP contribution in [0.3, 0.4) is 0 Å². The van der Waals surface area contributed by atoms with E-state index in [1.54, 1.807) is 23.1 Å². The Labute approximate surface area is 208 Å². The van der Waals surface area contributed by atoms with Gasteiger partial charge in [-0.05, 0) is 62.9 Å². The van der Waals surface area contributed by atoms with Crippen LogP contribution in [-0.2, 0) is 26.3 Å². The Bertz CT molecular complexity index is 1250. The van der Waals surface area contributed by atoms with Crippen LogP contribution in [0, 0.1) is 6.92 Å². The van der Waals surface area contributed by atoms with Gasteiger partial charge < -0.3 is 20.3 Å². The maximum Gasteiger partial charge on any atom is 0.418 e. The van der Waals surface area contributed by atoms with Gasteiger partial charge in [-0.25, -0.2) is 14.5 Å². The molecule has 2 aliphatic heterocycles. The molecule has 11 heteroatoms. The first-order valence-corrected chi connectivity index (χ1v) is 12.0. The van der Waals surface area contributed by atoms with Gasteiger partial charge in [0.25, 0.3) is 5.91 Å². The fraction of sp³-hybridized carbons (Fsp3) is 0.440. The first-order valence-electron chi connectivity index (χ1n) is 12.0. The largest absolute Gasteiger partial charge is 0.427 e. The molecule has 2 fully saturated rings. The Morgan fingerprint density at radius 3 is 2.69 bits per heavy atom. The van der Waals surface area contributed by atoms with Gasteiger partial charge in [0.15, 0.2) is 0 Å².